The Balaban J connectivity index is 3.37. The van der Waals surface area contributed by atoms with Crippen LogP contribution in [-0.2, 0) is 4.79 Å². The van der Waals surface area contributed by atoms with Crippen LogP contribution in [-0.4, -0.2) is 11.4 Å². The fourth-order valence-electron chi connectivity index (χ4n) is 0.204. The first-order chi connectivity index (χ1) is 3.31. The monoisotopic (exact) mass is 116 g/mol. The van der Waals surface area contributed by atoms with Crippen molar-refractivity contribution in [3.63, 3.8) is 0 Å². The van der Waals surface area contributed by atoms with Gasteiger partial charge in [0.15, 0.2) is 0 Å². The Hall–Kier alpha value is -0.240. The molecule has 7 heavy (non-hydrogen) atoms. The van der Waals surface area contributed by atoms with E-state index < -0.39 is 0 Å². The van der Waals surface area contributed by atoms with Gasteiger partial charge >= 0.3 is 0 Å². The molecule has 0 aliphatic carbocycles. The molecule has 2 heteroatoms. The highest BCUT2D eigenvalue weighted by atomic mass is 32.2. The molecule has 0 unspecified atom stereocenters. The molecular formula is C5H8OS. The molecule has 0 aliphatic heterocycles. The lowest BCUT2D eigenvalue weighted by Gasteiger charge is -1.77. The fourth-order valence-corrected chi connectivity index (χ4v) is 0.476. The van der Waals surface area contributed by atoms with Gasteiger partial charge in [-0.25, -0.2) is 0 Å². The molecule has 0 spiro atoms. The van der Waals surface area contributed by atoms with Crippen molar-refractivity contribution in [1.29, 1.82) is 0 Å². The minimum absolute atomic E-state index is 0.113. The highest BCUT2D eigenvalue weighted by molar-refractivity contribution is 8.13. The second-order valence-electron chi connectivity index (χ2n) is 1.02. The molecular weight excluding hydrogens is 108 g/mol. The maximum atomic E-state index is 10.3. The summed E-state index contributed by atoms with van der Waals surface area (Å²) in [4.78, 5) is 10.3. The Bertz CT molecular complexity index is 86.1. The number of thioether (sulfide) groups is 1. The predicted octanol–water partition coefficient (Wildman–Crippen LogP) is 1.45. The van der Waals surface area contributed by atoms with Crippen LogP contribution < -0.4 is 0 Å². The minimum Gasteiger partial charge on any atom is -0.282 e. The number of carbonyl (C=O) groups is 1. The number of hydrogen-bond donors (Lipinski definition) is 0. The van der Waals surface area contributed by atoms with E-state index in [0.717, 1.165) is 0 Å². The maximum absolute atomic E-state index is 10.3. The van der Waals surface area contributed by atoms with Gasteiger partial charge < -0.3 is 0 Å². The van der Waals surface area contributed by atoms with Gasteiger partial charge in [-0.3, -0.25) is 4.79 Å². The topological polar surface area (TPSA) is 17.1 Å². The first kappa shape index (κ1) is 6.76. The summed E-state index contributed by atoms with van der Waals surface area (Å²) in [7, 11) is 0. The van der Waals surface area contributed by atoms with Crippen molar-refractivity contribution in [3.05, 3.63) is 12.2 Å². The van der Waals surface area contributed by atoms with Crippen molar-refractivity contribution in [1.82, 2.24) is 0 Å². The third kappa shape index (κ3) is 3.59. The second kappa shape index (κ2) is 3.93. The SMILES string of the molecule is CC=CC(=O)SC. The highest BCUT2D eigenvalue weighted by Gasteiger charge is 1.84. The molecule has 0 N–H and O–H groups in total. The van der Waals surface area contributed by atoms with Crippen molar-refractivity contribution in [2.24, 2.45) is 0 Å². The van der Waals surface area contributed by atoms with Gasteiger partial charge in [-0.15, -0.1) is 0 Å². The molecule has 0 rings (SSSR count). The van der Waals surface area contributed by atoms with Crippen LogP contribution >= 0.6 is 11.8 Å². The van der Waals surface area contributed by atoms with Crippen molar-refractivity contribution in [3.8, 4) is 0 Å². The van der Waals surface area contributed by atoms with E-state index in [0.29, 0.717) is 0 Å². The van der Waals surface area contributed by atoms with Crippen molar-refractivity contribution in [2.45, 2.75) is 6.92 Å². The van der Waals surface area contributed by atoms with Gasteiger partial charge in [0.25, 0.3) is 0 Å². The molecule has 0 heterocycles. The van der Waals surface area contributed by atoms with Crippen LogP contribution in [0.4, 0.5) is 0 Å². The van der Waals surface area contributed by atoms with Gasteiger partial charge in [0.2, 0.25) is 5.12 Å². The van der Waals surface area contributed by atoms with Crippen LogP contribution in [0.25, 0.3) is 0 Å². The van der Waals surface area contributed by atoms with Crippen LogP contribution in [0, 0.1) is 0 Å². The molecule has 0 fully saturated rings. The molecule has 0 aromatic carbocycles. The minimum atomic E-state index is 0.113. The lowest BCUT2D eigenvalue weighted by Crippen LogP contribution is -1.78. The summed E-state index contributed by atoms with van der Waals surface area (Å²) in [6.45, 7) is 1.83. The molecule has 0 amide bonds. The summed E-state index contributed by atoms with van der Waals surface area (Å²) in [5, 5.41) is 0.113. The molecule has 1 nitrogen and oxygen atoms in total. The van der Waals surface area contributed by atoms with E-state index in [1.165, 1.54) is 11.8 Å². The molecule has 0 aromatic heterocycles. The molecule has 0 saturated carbocycles. The standard InChI is InChI=1S/C5H8OS/c1-3-4-5(6)7-2/h3-4H,1-2H3. The van der Waals surface area contributed by atoms with Gasteiger partial charge in [-0.05, 0) is 19.3 Å². The van der Waals surface area contributed by atoms with E-state index in [9.17, 15) is 4.79 Å². The van der Waals surface area contributed by atoms with Crippen molar-refractivity contribution < 1.29 is 4.79 Å². The Morgan fingerprint density at radius 1 is 1.71 bits per heavy atom. The quantitative estimate of drug-likeness (QED) is 0.482. The molecule has 0 atom stereocenters. The maximum Gasteiger partial charge on any atom is 0.211 e. The van der Waals surface area contributed by atoms with Crippen molar-refractivity contribution >= 4 is 16.9 Å². The van der Waals surface area contributed by atoms with Crippen LogP contribution in [0.15, 0.2) is 12.2 Å². The Morgan fingerprint density at radius 3 is 2.43 bits per heavy atom. The molecule has 0 radical (unpaired) electrons. The average molecular weight is 116 g/mol. The zero-order chi connectivity index (χ0) is 5.70. The Labute approximate surface area is 47.8 Å². The van der Waals surface area contributed by atoms with Crippen LogP contribution in [0.2, 0.25) is 0 Å². The lowest BCUT2D eigenvalue weighted by molar-refractivity contribution is -0.107. The summed E-state index contributed by atoms with van der Waals surface area (Å²) < 4.78 is 0. The summed E-state index contributed by atoms with van der Waals surface area (Å²) in [6, 6.07) is 0. The molecule has 0 aliphatic rings. The van der Waals surface area contributed by atoms with E-state index in [2.05, 4.69) is 0 Å². The van der Waals surface area contributed by atoms with E-state index in [4.69, 9.17) is 0 Å². The number of carbonyl (C=O) groups excluding carboxylic acids is 1. The van der Waals surface area contributed by atoms with Crippen LogP contribution in [0.1, 0.15) is 6.92 Å². The van der Waals surface area contributed by atoms with Gasteiger partial charge in [0, 0.05) is 0 Å². The number of allylic oxidation sites excluding steroid dienone is 1. The van der Waals surface area contributed by atoms with E-state index in [-0.39, 0.29) is 5.12 Å². The molecule has 0 saturated heterocycles. The lowest BCUT2D eigenvalue weighted by atomic mass is 10.6. The number of rotatable bonds is 1. The zero-order valence-electron chi connectivity index (χ0n) is 4.47. The normalized spacial score (nSPS) is 10.0. The Kier molecular flexibility index (Phi) is 3.80. The highest BCUT2D eigenvalue weighted by Crippen LogP contribution is 1.93. The van der Waals surface area contributed by atoms with Gasteiger partial charge in [0.1, 0.15) is 0 Å². The predicted molar refractivity (Wildman–Crippen MR) is 33.3 cm³/mol. The first-order valence-corrected chi connectivity index (χ1v) is 3.24. The number of hydrogen-bond acceptors (Lipinski definition) is 2. The first-order valence-electron chi connectivity index (χ1n) is 2.02. The average Bonchev–Trinajstić information content (AvgIpc) is 1.68. The van der Waals surface area contributed by atoms with Crippen molar-refractivity contribution in [2.75, 3.05) is 6.26 Å². The molecule has 0 aromatic rings. The third-order valence-electron chi connectivity index (χ3n) is 0.504. The summed E-state index contributed by atoms with van der Waals surface area (Å²) in [6.07, 6.45) is 5.05. The molecule has 40 valence electrons. The summed E-state index contributed by atoms with van der Waals surface area (Å²) >= 11 is 1.22. The Morgan fingerprint density at radius 2 is 2.29 bits per heavy atom. The molecule has 0 bridgehead atoms. The summed E-state index contributed by atoms with van der Waals surface area (Å²) in [5.41, 5.74) is 0. The summed E-state index contributed by atoms with van der Waals surface area (Å²) in [5.74, 6) is 0. The smallest absolute Gasteiger partial charge is 0.211 e. The third-order valence-corrected chi connectivity index (χ3v) is 1.04. The van der Waals surface area contributed by atoms with E-state index >= 15 is 0 Å². The zero-order valence-corrected chi connectivity index (χ0v) is 5.29. The van der Waals surface area contributed by atoms with Crippen LogP contribution in [0.5, 0.6) is 0 Å². The van der Waals surface area contributed by atoms with Gasteiger partial charge in [0.05, 0.1) is 0 Å². The van der Waals surface area contributed by atoms with Crippen LogP contribution in [0.3, 0.4) is 0 Å². The van der Waals surface area contributed by atoms with E-state index in [1.54, 1.807) is 18.4 Å². The second-order valence-corrected chi connectivity index (χ2v) is 1.83. The van der Waals surface area contributed by atoms with Gasteiger partial charge in [-0.1, -0.05) is 17.8 Å². The van der Waals surface area contributed by atoms with Gasteiger partial charge in [-0.2, -0.15) is 0 Å². The van der Waals surface area contributed by atoms with E-state index in [1.807, 2.05) is 6.92 Å². The fraction of sp³-hybridized carbons (Fsp3) is 0.400. The largest absolute Gasteiger partial charge is 0.282 e.